The fourth-order valence-corrected chi connectivity index (χ4v) is 1.73. The van der Waals surface area contributed by atoms with Crippen LogP contribution in [0.4, 0.5) is 0 Å². The summed E-state index contributed by atoms with van der Waals surface area (Å²) in [4.78, 5) is 4.19. The average Bonchev–Trinajstić information content (AvgIpc) is 2.44. The van der Waals surface area contributed by atoms with Crippen molar-refractivity contribution < 1.29 is 4.74 Å². The van der Waals surface area contributed by atoms with E-state index in [0.717, 1.165) is 37.7 Å². The quantitative estimate of drug-likeness (QED) is 0.316. The molecule has 0 aliphatic carbocycles. The highest BCUT2D eigenvalue weighted by Gasteiger charge is 2.01. The zero-order valence-electron chi connectivity index (χ0n) is 13.5. The first-order chi connectivity index (χ1) is 9.65. The number of rotatable bonds is 7. The maximum Gasteiger partial charge on any atom is 0.191 e. The highest BCUT2D eigenvalue weighted by Crippen LogP contribution is 2.13. The van der Waals surface area contributed by atoms with Crippen molar-refractivity contribution in [1.29, 1.82) is 0 Å². The van der Waals surface area contributed by atoms with Crippen LogP contribution in [0.15, 0.2) is 29.3 Å². The number of nitrogens with zero attached hydrogens (tertiary/aromatic N) is 1. The molecule has 0 heterocycles. The Morgan fingerprint density at radius 2 is 2.10 bits per heavy atom. The van der Waals surface area contributed by atoms with Gasteiger partial charge in [0.2, 0.25) is 0 Å². The van der Waals surface area contributed by atoms with Crippen molar-refractivity contribution >= 4 is 29.9 Å². The fourth-order valence-electron chi connectivity index (χ4n) is 1.73. The van der Waals surface area contributed by atoms with Crippen molar-refractivity contribution in [2.75, 3.05) is 13.7 Å². The van der Waals surface area contributed by atoms with Gasteiger partial charge >= 0.3 is 0 Å². The Morgan fingerprint density at radius 3 is 2.71 bits per heavy atom. The third-order valence-corrected chi connectivity index (χ3v) is 2.77. The lowest BCUT2D eigenvalue weighted by atomic mass is 10.2. The zero-order chi connectivity index (χ0) is 14.8. The fraction of sp³-hybridized carbons (Fsp3) is 0.562. The molecule has 4 nitrogen and oxygen atoms in total. The Hall–Kier alpha value is -0.980. The Balaban J connectivity index is 0.00000400. The maximum atomic E-state index is 5.71. The molecular weight excluding hydrogens is 377 g/mol. The number of guanidine groups is 1. The smallest absolute Gasteiger partial charge is 0.191 e. The minimum absolute atomic E-state index is 0. The van der Waals surface area contributed by atoms with E-state index in [1.807, 2.05) is 12.1 Å². The Bertz CT molecular complexity index is 422. The molecule has 0 saturated heterocycles. The molecular formula is C16H28IN3O. The molecule has 21 heavy (non-hydrogen) atoms. The standard InChI is InChI=1S/C16H27N3O.HI/c1-5-6-10-20-15-9-7-8-14(11-15)12-18-16(17-4)19-13(2)3;/h7-9,11,13H,5-6,10,12H2,1-4H3,(H2,17,18,19);1H. The van der Waals surface area contributed by atoms with Gasteiger partial charge in [-0.2, -0.15) is 0 Å². The van der Waals surface area contributed by atoms with Gasteiger partial charge in [-0.15, -0.1) is 24.0 Å². The van der Waals surface area contributed by atoms with E-state index in [9.17, 15) is 0 Å². The summed E-state index contributed by atoms with van der Waals surface area (Å²) >= 11 is 0. The molecule has 1 aromatic rings. The molecule has 0 aromatic heterocycles. The van der Waals surface area contributed by atoms with E-state index in [1.165, 1.54) is 5.56 Å². The van der Waals surface area contributed by atoms with E-state index < -0.39 is 0 Å². The third kappa shape index (κ3) is 8.80. The van der Waals surface area contributed by atoms with Gasteiger partial charge in [0, 0.05) is 19.6 Å². The molecule has 0 radical (unpaired) electrons. The Labute approximate surface area is 145 Å². The number of benzene rings is 1. The van der Waals surface area contributed by atoms with Gasteiger partial charge in [0.15, 0.2) is 5.96 Å². The van der Waals surface area contributed by atoms with Crippen LogP contribution in [0.5, 0.6) is 5.75 Å². The summed E-state index contributed by atoms with van der Waals surface area (Å²) in [5, 5.41) is 6.56. The summed E-state index contributed by atoms with van der Waals surface area (Å²) in [5.74, 6) is 1.75. The molecule has 120 valence electrons. The first-order valence-corrected chi connectivity index (χ1v) is 7.34. The van der Waals surface area contributed by atoms with Crippen LogP contribution in [-0.4, -0.2) is 25.7 Å². The summed E-state index contributed by atoms with van der Waals surface area (Å²) in [6, 6.07) is 8.55. The first kappa shape index (κ1) is 20.0. The van der Waals surface area contributed by atoms with E-state index in [2.05, 4.69) is 48.5 Å². The lowest BCUT2D eigenvalue weighted by molar-refractivity contribution is 0.309. The first-order valence-electron chi connectivity index (χ1n) is 7.34. The van der Waals surface area contributed by atoms with E-state index in [0.29, 0.717) is 6.04 Å². The van der Waals surface area contributed by atoms with Gasteiger partial charge in [-0.1, -0.05) is 25.5 Å². The number of hydrogen-bond donors (Lipinski definition) is 2. The van der Waals surface area contributed by atoms with Gasteiger partial charge < -0.3 is 15.4 Å². The molecule has 0 aliphatic rings. The van der Waals surface area contributed by atoms with Gasteiger partial charge in [0.05, 0.1) is 6.61 Å². The van der Waals surface area contributed by atoms with Crippen LogP contribution < -0.4 is 15.4 Å². The van der Waals surface area contributed by atoms with Gasteiger partial charge in [-0.25, -0.2) is 0 Å². The molecule has 0 saturated carbocycles. The van der Waals surface area contributed by atoms with Crippen molar-refractivity contribution in [2.24, 2.45) is 4.99 Å². The molecule has 1 aromatic carbocycles. The number of hydrogen-bond acceptors (Lipinski definition) is 2. The van der Waals surface area contributed by atoms with Crippen LogP contribution in [0.25, 0.3) is 0 Å². The van der Waals surface area contributed by atoms with Crippen molar-refractivity contribution in [3.8, 4) is 5.75 Å². The molecule has 2 N–H and O–H groups in total. The third-order valence-electron chi connectivity index (χ3n) is 2.77. The maximum absolute atomic E-state index is 5.71. The van der Waals surface area contributed by atoms with Crippen molar-refractivity contribution in [3.05, 3.63) is 29.8 Å². The second kappa shape index (κ2) is 11.7. The normalized spacial score (nSPS) is 11.0. The molecule has 0 amide bonds. The summed E-state index contributed by atoms with van der Waals surface area (Å²) in [6.45, 7) is 7.86. The van der Waals surface area contributed by atoms with Crippen LogP contribution in [0.1, 0.15) is 39.2 Å². The van der Waals surface area contributed by atoms with Crippen molar-refractivity contribution in [1.82, 2.24) is 10.6 Å². The van der Waals surface area contributed by atoms with Crippen molar-refractivity contribution in [3.63, 3.8) is 0 Å². The Kier molecular flexibility index (Phi) is 11.1. The molecule has 0 spiro atoms. The van der Waals surface area contributed by atoms with Gasteiger partial charge in [0.1, 0.15) is 5.75 Å². The van der Waals surface area contributed by atoms with E-state index in [4.69, 9.17) is 4.74 Å². The summed E-state index contributed by atoms with van der Waals surface area (Å²) < 4.78 is 5.71. The molecule has 0 aliphatic heterocycles. The number of ether oxygens (including phenoxy) is 1. The minimum Gasteiger partial charge on any atom is -0.494 e. The van der Waals surface area contributed by atoms with Gasteiger partial charge in [-0.05, 0) is 38.0 Å². The highest BCUT2D eigenvalue weighted by molar-refractivity contribution is 14.0. The second-order valence-corrected chi connectivity index (χ2v) is 5.07. The number of halogens is 1. The molecule has 5 heteroatoms. The number of aliphatic imine (C=N–C) groups is 1. The van der Waals surface area contributed by atoms with Gasteiger partial charge in [-0.3, -0.25) is 4.99 Å². The summed E-state index contributed by atoms with van der Waals surface area (Å²) in [5.41, 5.74) is 1.19. The number of nitrogens with one attached hydrogen (secondary N) is 2. The SMILES string of the molecule is CCCCOc1cccc(CNC(=NC)NC(C)C)c1.I. The van der Waals surface area contributed by atoms with Crippen LogP contribution in [-0.2, 0) is 6.54 Å². The molecule has 0 bridgehead atoms. The highest BCUT2D eigenvalue weighted by atomic mass is 127. The lowest BCUT2D eigenvalue weighted by Gasteiger charge is -2.14. The molecule has 0 fully saturated rings. The molecule has 0 atom stereocenters. The van der Waals surface area contributed by atoms with Crippen molar-refractivity contribution in [2.45, 2.75) is 46.2 Å². The minimum atomic E-state index is 0. The zero-order valence-corrected chi connectivity index (χ0v) is 15.8. The lowest BCUT2D eigenvalue weighted by Crippen LogP contribution is -2.40. The van der Waals surface area contributed by atoms with Crippen LogP contribution in [0.2, 0.25) is 0 Å². The van der Waals surface area contributed by atoms with Crippen LogP contribution >= 0.6 is 24.0 Å². The van der Waals surface area contributed by atoms with Crippen LogP contribution in [0.3, 0.4) is 0 Å². The van der Waals surface area contributed by atoms with E-state index in [1.54, 1.807) is 7.05 Å². The molecule has 1 rings (SSSR count). The summed E-state index contributed by atoms with van der Waals surface area (Å²) in [6.07, 6.45) is 2.24. The van der Waals surface area contributed by atoms with E-state index >= 15 is 0 Å². The topological polar surface area (TPSA) is 45.6 Å². The predicted molar refractivity (Wildman–Crippen MR) is 101 cm³/mol. The van der Waals surface area contributed by atoms with Crippen LogP contribution in [0, 0.1) is 0 Å². The molecule has 0 unspecified atom stereocenters. The second-order valence-electron chi connectivity index (χ2n) is 5.07. The summed E-state index contributed by atoms with van der Waals surface area (Å²) in [7, 11) is 1.78. The number of unbranched alkanes of at least 4 members (excludes halogenated alkanes) is 1. The van der Waals surface area contributed by atoms with Gasteiger partial charge in [0.25, 0.3) is 0 Å². The Morgan fingerprint density at radius 1 is 1.33 bits per heavy atom. The largest absolute Gasteiger partial charge is 0.494 e. The average molecular weight is 405 g/mol. The predicted octanol–water partition coefficient (Wildman–Crippen LogP) is 3.56. The van der Waals surface area contributed by atoms with E-state index in [-0.39, 0.29) is 24.0 Å². The monoisotopic (exact) mass is 405 g/mol.